The quantitative estimate of drug-likeness (QED) is 0.718. The summed E-state index contributed by atoms with van der Waals surface area (Å²) in [5.74, 6) is -0.562. The zero-order valence-corrected chi connectivity index (χ0v) is 15.5. The number of para-hydroxylation sites is 1. The summed E-state index contributed by atoms with van der Waals surface area (Å²) in [6.45, 7) is 2.06. The Morgan fingerprint density at radius 1 is 1.19 bits per heavy atom. The van der Waals surface area contributed by atoms with Crippen LogP contribution < -0.4 is 4.87 Å². The fraction of sp³-hybridized carbons (Fsp3) is 0.143. The highest BCUT2D eigenvalue weighted by atomic mass is 32.1. The van der Waals surface area contributed by atoms with Crippen molar-refractivity contribution in [3.8, 4) is 5.88 Å². The maximum atomic E-state index is 13.9. The van der Waals surface area contributed by atoms with E-state index >= 15 is 0 Å². The van der Waals surface area contributed by atoms with Gasteiger partial charge in [0.25, 0.3) is 0 Å². The molecule has 4 nitrogen and oxygen atoms in total. The minimum Gasteiger partial charge on any atom is -0.493 e. The Morgan fingerprint density at radius 2 is 1.96 bits per heavy atom. The molecule has 6 heteroatoms. The van der Waals surface area contributed by atoms with Gasteiger partial charge in [-0.2, -0.15) is 0 Å². The summed E-state index contributed by atoms with van der Waals surface area (Å²) < 4.78 is 15.1. The summed E-state index contributed by atoms with van der Waals surface area (Å²) in [5.41, 5.74) is 4.27. The van der Waals surface area contributed by atoms with Crippen LogP contribution in [-0.2, 0) is 13.0 Å². The van der Waals surface area contributed by atoms with Crippen molar-refractivity contribution in [2.24, 2.45) is 4.99 Å². The second-order valence-corrected chi connectivity index (χ2v) is 7.25. The van der Waals surface area contributed by atoms with Gasteiger partial charge >= 0.3 is 4.87 Å². The molecule has 0 aliphatic carbocycles. The van der Waals surface area contributed by atoms with E-state index in [2.05, 4.69) is 11.9 Å². The Hall–Kier alpha value is -2.99. The lowest BCUT2D eigenvalue weighted by Crippen LogP contribution is -2.14. The van der Waals surface area contributed by atoms with E-state index < -0.39 is 5.82 Å². The van der Waals surface area contributed by atoms with Gasteiger partial charge in [0, 0.05) is 22.9 Å². The van der Waals surface area contributed by atoms with E-state index in [1.54, 1.807) is 30.5 Å². The lowest BCUT2D eigenvalue weighted by molar-refractivity contribution is 0.418. The lowest BCUT2D eigenvalue weighted by atomic mass is 10.0. The molecule has 4 rings (SSSR count). The van der Waals surface area contributed by atoms with Gasteiger partial charge in [-0.05, 0) is 24.1 Å². The first kappa shape index (κ1) is 17.4. The Balaban J connectivity index is 1.72. The van der Waals surface area contributed by atoms with Crippen LogP contribution in [0.3, 0.4) is 0 Å². The van der Waals surface area contributed by atoms with Gasteiger partial charge in [0.1, 0.15) is 5.82 Å². The molecule has 1 aromatic heterocycles. The van der Waals surface area contributed by atoms with Crippen molar-refractivity contribution in [1.82, 2.24) is 4.57 Å². The number of thiazole rings is 1. The molecular formula is C21H17FN2O2S. The first-order valence-corrected chi connectivity index (χ1v) is 9.44. The molecule has 27 heavy (non-hydrogen) atoms. The van der Waals surface area contributed by atoms with Crippen LogP contribution in [0.15, 0.2) is 52.3 Å². The van der Waals surface area contributed by atoms with Gasteiger partial charge in [0.05, 0.1) is 17.1 Å². The minimum absolute atomic E-state index is 0.0122. The number of aromatic nitrogens is 1. The Morgan fingerprint density at radius 3 is 2.74 bits per heavy atom. The number of rotatable bonds is 4. The fourth-order valence-electron chi connectivity index (χ4n) is 3.17. The first-order chi connectivity index (χ1) is 13.1. The van der Waals surface area contributed by atoms with Gasteiger partial charge in [-0.1, -0.05) is 54.7 Å². The second-order valence-electron chi connectivity index (χ2n) is 6.26. The highest BCUT2D eigenvalue weighted by molar-refractivity contribution is 7.10. The van der Waals surface area contributed by atoms with Crippen LogP contribution in [0.4, 0.5) is 10.1 Å². The van der Waals surface area contributed by atoms with Gasteiger partial charge in [-0.15, -0.1) is 0 Å². The summed E-state index contributed by atoms with van der Waals surface area (Å²) >= 11 is 0.934. The summed E-state index contributed by atoms with van der Waals surface area (Å²) in [4.78, 5) is 16.9. The topological polar surface area (TPSA) is 54.6 Å². The van der Waals surface area contributed by atoms with Crippen LogP contribution in [0.1, 0.15) is 28.5 Å². The minimum atomic E-state index is -0.404. The molecule has 0 unspecified atom stereocenters. The Bertz CT molecular complexity index is 1140. The third kappa shape index (κ3) is 3.13. The summed E-state index contributed by atoms with van der Waals surface area (Å²) in [7, 11) is 0. The van der Waals surface area contributed by atoms with Gasteiger partial charge in [0.2, 0.25) is 5.88 Å². The van der Waals surface area contributed by atoms with Crippen molar-refractivity contribution < 1.29 is 9.50 Å². The zero-order chi connectivity index (χ0) is 19.0. The number of halogens is 1. The van der Waals surface area contributed by atoms with Crippen molar-refractivity contribution in [2.75, 3.05) is 0 Å². The predicted octanol–water partition coefficient (Wildman–Crippen LogP) is 4.62. The third-order valence-electron chi connectivity index (χ3n) is 4.61. The number of hydrogen-bond donors (Lipinski definition) is 1. The van der Waals surface area contributed by atoms with Crippen molar-refractivity contribution in [3.05, 3.63) is 79.5 Å². The molecule has 0 amide bonds. The number of aliphatic imine (C=N–C) groups is 1. The van der Waals surface area contributed by atoms with E-state index in [0.717, 1.165) is 40.1 Å². The number of hydrogen-bond acceptors (Lipinski definition) is 4. The molecule has 0 saturated heterocycles. The Kier molecular flexibility index (Phi) is 4.49. The Labute approximate surface area is 159 Å². The first-order valence-electron chi connectivity index (χ1n) is 8.62. The third-order valence-corrected chi connectivity index (χ3v) is 5.53. The van der Waals surface area contributed by atoms with Crippen molar-refractivity contribution >= 4 is 34.9 Å². The molecule has 0 spiro atoms. The molecule has 0 radical (unpaired) electrons. The molecule has 2 heterocycles. The summed E-state index contributed by atoms with van der Waals surface area (Å²) in [6.07, 6.45) is 4.38. The summed E-state index contributed by atoms with van der Waals surface area (Å²) in [6, 6.07) is 12.2. The standard InChI is InChI=1S/C21H17FN2O2S/c1-2-13-7-5-8-16-15(11-23-19(13)16)10-18-20(25)24(21(26)27-18)12-14-6-3-4-9-17(14)22/h3-11,25H,2,12H2,1H3. The van der Waals surface area contributed by atoms with Crippen LogP contribution in [0.2, 0.25) is 0 Å². The van der Waals surface area contributed by atoms with Gasteiger partial charge in [-0.3, -0.25) is 14.4 Å². The maximum Gasteiger partial charge on any atom is 0.310 e. The average Bonchev–Trinajstić information content (AvgIpc) is 3.20. The fourth-order valence-corrected chi connectivity index (χ4v) is 4.00. The SMILES string of the molecule is CCc1cccc2c1N=CC2=Cc1sc(=O)n(Cc2ccccc2F)c1O. The number of fused-ring (bicyclic) bond motifs is 1. The molecule has 0 saturated carbocycles. The van der Waals surface area contributed by atoms with Crippen LogP contribution in [0.25, 0.3) is 11.6 Å². The van der Waals surface area contributed by atoms with E-state index in [1.165, 1.54) is 10.6 Å². The number of benzene rings is 2. The van der Waals surface area contributed by atoms with E-state index in [9.17, 15) is 14.3 Å². The van der Waals surface area contributed by atoms with E-state index in [0.29, 0.717) is 10.4 Å². The number of nitrogens with zero attached hydrogens (tertiary/aromatic N) is 2. The van der Waals surface area contributed by atoms with E-state index in [4.69, 9.17) is 0 Å². The lowest BCUT2D eigenvalue weighted by Gasteiger charge is -2.05. The molecular weight excluding hydrogens is 363 g/mol. The van der Waals surface area contributed by atoms with Gasteiger partial charge < -0.3 is 5.11 Å². The monoisotopic (exact) mass is 380 g/mol. The van der Waals surface area contributed by atoms with Crippen molar-refractivity contribution in [3.63, 3.8) is 0 Å². The molecule has 0 fully saturated rings. The molecule has 0 atom stereocenters. The molecule has 1 aliphatic heterocycles. The van der Waals surface area contributed by atoms with Crippen molar-refractivity contribution in [1.29, 1.82) is 0 Å². The largest absolute Gasteiger partial charge is 0.493 e. The number of allylic oxidation sites excluding steroid dienone is 1. The molecule has 0 bridgehead atoms. The summed E-state index contributed by atoms with van der Waals surface area (Å²) in [5, 5.41) is 10.5. The molecule has 1 N–H and O–H groups in total. The molecule has 1 aliphatic rings. The second kappa shape index (κ2) is 6.96. The van der Waals surface area contributed by atoms with Crippen LogP contribution in [0.5, 0.6) is 5.88 Å². The maximum absolute atomic E-state index is 13.9. The van der Waals surface area contributed by atoms with Crippen LogP contribution in [0, 0.1) is 5.82 Å². The smallest absolute Gasteiger partial charge is 0.310 e. The highest BCUT2D eigenvalue weighted by Gasteiger charge is 2.18. The number of aromatic hydroxyl groups is 1. The molecule has 2 aromatic carbocycles. The van der Waals surface area contributed by atoms with Crippen LogP contribution in [-0.4, -0.2) is 15.9 Å². The van der Waals surface area contributed by atoms with Crippen molar-refractivity contribution in [2.45, 2.75) is 19.9 Å². The van der Waals surface area contributed by atoms with Gasteiger partial charge in [0.15, 0.2) is 0 Å². The number of aryl methyl sites for hydroxylation is 1. The van der Waals surface area contributed by atoms with Gasteiger partial charge in [-0.25, -0.2) is 4.39 Å². The highest BCUT2D eigenvalue weighted by Crippen LogP contribution is 2.37. The van der Waals surface area contributed by atoms with E-state index in [1.807, 2.05) is 18.2 Å². The molecule has 3 aromatic rings. The zero-order valence-electron chi connectivity index (χ0n) is 14.6. The van der Waals surface area contributed by atoms with E-state index in [-0.39, 0.29) is 17.3 Å². The normalized spacial score (nSPS) is 14.1. The predicted molar refractivity (Wildman–Crippen MR) is 108 cm³/mol. The molecule has 136 valence electrons. The average molecular weight is 380 g/mol. The van der Waals surface area contributed by atoms with Crippen LogP contribution >= 0.6 is 11.3 Å².